The third-order valence-corrected chi connectivity index (χ3v) is 10.5. The third-order valence-electron chi connectivity index (χ3n) is 10.5. The van der Waals surface area contributed by atoms with Gasteiger partial charge in [0.05, 0.1) is 11.6 Å². The molecule has 6 heteroatoms. The van der Waals surface area contributed by atoms with Crippen LogP contribution in [0, 0.1) is 17.2 Å². The van der Waals surface area contributed by atoms with Gasteiger partial charge in [-0.1, -0.05) is 87.1 Å². The lowest BCUT2D eigenvalue weighted by molar-refractivity contribution is -0.127. The third kappa shape index (κ3) is 6.91. The van der Waals surface area contributed by atoms with Crippen molar-refractivity contribution in [3.05, 3.63) is 59.7 Å². The molecule has 2 aromatic rings. The van der Waals surface area contributed by atoms with E-state index in [-0.39, 0.29) is 5.91 Å². The van der Waals surface area contributed by atoms with E-state index in [0.29, 0.717) is 25.3 Å². The smallest absolute Gasteiger partial charge is 0.241 e. The van der Waals surface area contributed by atoms with E-state index in [1.165, 1.54) is 87.8 Å². The van der Waals surface area contributed by atoms with E-state index in [9.17, 15) is 10.1 Å². The van der Waals surface area contributed by atoms with E-state index >= 15 is 0 Å². The SMILES string of the molecule is N#C[C@H](Cc1ccc(-c2ccc(C(C3CC3)N3CCN(C4CCCCC4)CC3)cc2)cc1)NC(=O)C1(N)CCCCC1. The van der Waals surface area contributed by atoms with Crippen molar-refractivity contribution in [1.82, 2.24) is 15.1 Å². The Bertz CT molecular complexity index is 1210. The Morgan fingerprint density at radius 3 is 2.05 bits per heavy atom. The van der Waals surface area contributed by atoms with Gasteiger partial charge in [0.2, 0.25) is 5.91 Å². The molecule has 0 radical (unpaired) electrons. The van der Waals surface area contributed by atoms with Crippen LogP contribution in [0.4, 0.5) is 0 Å². The van der Waals surface area contributed by atoms with E-state index in [2.05, 4.69) is 69.7 Å². The monoisotopic (exact) mass is 567 g/mol. The van der Waals surface area contributed by atoms with Gasteiger partial charge in [0.1, 0.15) is 6.04 Å². The Labute approximate surface area is 252 Å². The van der Waals surface area contributed by atoms with E-state index in [1.807, 2.05) is 0 Å². The molecule has 42 heavy (non-hydrogen) atoms. The number of benzene rings is 2. The van der Waals surface area contributed by atoms with Crippen LogP contribution in [0.15, 0.2) is 48.5 Å². The van der Waals surface area contributed by atoms with Crippen LogP contribution < -0.4 is 11.1 Å². The van der Waals surface area contributed by atoms with Crippen molar-refractivity contribution in [1.29, 1.82) is 5.26 Å². The van der Waals surface area contributed by atoms with Gasteiger partial charge in [-0.15, -0.1) is 0 Å². The number of nitrogens with one attached hydrogen (secondary N) is 1. The first kappa shape index (κ1) is 29.4. The summed E-state index contributed by atoms with van der Waals surface area (Å²) in [5, 5.41) is 12.6. The van der Waals surface area contributed by atoms with Crippen molar-refractivity contribution >= 4 is 5.91 Å². The number of hydrogen-bond acceptors (Lipinski definition) is 5. The van der Waals surface area contributed by atoms with Gasteiger partial charge in [0.25, 0.3) is 0 Å². The molecule has 3 saturated carbocycles. The highest BCUT2D eigenvalue weighted by Gasteiger charge is 2.38. The van der Waals surface area contributed by atoms with E-state index in [1.54, 1.807) is 0 Å². The first-order chi connectivity index (χ1) is 20.5. The lowest BCUT2D eigenvalue weighted by Gasteiger charge is -2.43. The second-order valence-electron chi connectivity index (χ2n) is 13.5. The molecular weight excluding hydrogens is 518 g/mol. The number of piperazine rings is 1. The second kappa shape index (κ2) is 13.3. The minimum absolute atomic E-state index is 0.180. The van der Waals surface area contributed by atoms with Crippen LogP contribution in [0.1, 0.15) is 94.2 Å². The number of carbonyl (C=O) groups is 1. The van der Waals surface area contributed by atoms with Crippen molar-refractivity contribution < 1.29 is 4.79 Å². The quantitative estimate of drug-likeness (QED) is 0.390. The maximum absolute atomic E-state index is 12.8. The molecule has 1 unspecified atom stereocenters. The Morgan fingerprint density at radius 2 is 1.45 bits per heavy atom. The fourth-order valence-corrected chi connectivity index (χ4v) is 7.80. The Kier molecular flexibility index (Phi) is 9.29. The van der Waals surface area contributed by atoms with Gasteiger partial charge in [-0.25, -0.2) is 0 Å². The zero-order chi connectivity index (χ0) is 28.9. The van der Waals surface area contributed by atoms with Crippen LogP contribution in [0.5, 0.6) is 0 Å². The van der Waals surface area contributed by atoms with E-state index in [0.717, 1.165) is 36.8 Å². The van der Waals surface area contributed by atoms with Crippen molar-refractivity contribution in [2.24, 2.45) is 11.7 Å². The van der Waals surface area contributed by atoms with Crippen LogP contribution in [-0.4, -0.2) is 59.5 Å². The molecule has 6 nitrogen and oxygen atoms in total. The molecule has 2 aromatic carbocycles. The Balaban J connectivity index is 1.05. The molecule has 0 aromatic heterocycles. The summed E-state index contributed by atoms with van der Waals surface area (Å²) in [6.45, 7) is 4.83. The van der Waals surface area contributed by atoms with Gasteiger partial charge in [-0.05, 0) is 66.7 Å². The van der Waals surface area contributed by atoms with E-state index in [4.69, 9.17) is 5.73 Å². The van der Waals surface area contributed by atoms with Crippen LogP contribution in [-0.2, 0) is 11.2 Å². The van der Waals surface area contributed by atoms with Crippen LogP contribution in [0.25, 0.3) is 11.1 Å². The first-order valence-corrected chi connectivity index (χ1v) is 16.7. The molecule has 3 aliphatic carbocycles. The van der Waals surface area contributed by atoms with Crippen LogP contribution in [0.2, 0.25) is 0 Å². The summed E-state index contributed by atoms with van der Waals surface area (Å²) in [4.78, 5) is 18.4. The molecule has 4 aliphatic rings. The van der Waals surface area contributed by atoms with Gasteiger partial charge in [-0.2, -0.15) is 5.26 Å². The number of nitrogens with zero attached hydrogens (tertiary/aromatic N) is 3. The van der Waals surface area contributed by atoms with Gasteiger partial charge in [0, 0.05) is 44.7 Å². The number of nitriles is 1. The first-order valence-electron chi connectivity index (χ1n) is 16.7. The molecule has 6 rings (SSSR count). The standard InChI is InChI=1S/C36H49N5O/c37-26-32(39-35(42)36(38)19-5-2-6-20-36)25-27-9-11-28(12-10-27)29-13-15-30(16-14-29)34(31-17-18-31)41-23-21-40(22-24-41)33-7-3-1-4-8-33/h9-16,31-34H,1-8,17-25,38H2,(H,39,42)/t32-,34?/m0/s1. The number of carbonyl (C=O) groups excluding carboxylic acids is 1. The number of hydrogen-bond donors (Lipinski definition) is 2. The minimum atomic E-state index is -0.828. The second-order valence-corrected chi connectivity index (χ2v) is 13.5. The topological polar surface area (TPSA) is 85.4 Å². The molecule has 1 aliphatic heterocycles. The summed E-state index contributed by atoms with van der Waals surface area (Å²) in [6.07, 6.45) is 14.7. The fourth-order valence-electron chi connectivity index (χ4n) is 7.80. The van der Waals surface area contributed by atoms with Crippen LogP contribution >= 0.6 is 0 Å². The maximum atomic E-state index is 12.8. The predicted molar refractivity (Wildman–Crippen MR) is 169 cm³/mol. The molecule has 0 bridgehead atoms. The highest BCUT2D eigenvalue weighted by molar-refractivity contribution is 5.86. The molecule has 1 heterocycles. The summed E-state index contributed by atoms with van der Waals surface area (Å²) >= 11 is 0. The zero-order valence-electron chi connectivity index (χ0n) is 25.3. The van der Waals surface area contributed by atoms with Gasteiger partial charge >= 0.3 is 0 Å². The summed E-state index contributed by atoms with van der Waals surface area (Å²) in [7, 11) is 0. The van der Waals surface area contributed by atoms with E-state index < -0.39 is 11.6 Å². The molecule has 224 valence electrons. The normalized spacial score (nSPS) is 23.5. The highest BCUT2D eigenvalue weighted by Crippen LogP contribution is 2.45. The lowest BCUT2D eigenvalue weighted by Crippen LogP contribution is -2.57. The summed E-state index contributed by atoms with van der Waals surface area (Å²) in [5.74, 6) is 0.623. The number of amides is 1. The molecule has 3 N–H and O–H groups in total. The number of nitrogens with two attached hydrogens (primary N) is 1. The lowest BCUT2D eigenvalue weighted by atomic mass is 9.81. The van der Waals surface area contributed by atoms with Crippen molar-refractivity contribution in [2.45, 2.75) is 107 Å². The van der Waals surface area contributed by atoms with Crippen molar-refractivity contribution in [2.75, 3.05) is 26.2 Å². The average Bonchev–Trinajstić information content (AvgIpc) is 3.88. The summed E-state index contributed by atoms with van der Waals surface area (Å²) < 4.78 is 0. The molecule has 2 atom stereocenters. The average molecular weight is 568 g/mol. The Hall–Kier alpha value is -2.72. The van der Waals surface area contributed by atoms with Gasteiger partial charge in [0.15, 0.2) is 0 Å². The summed E-state index contributed by atoms with van der Waals surface area (Å²) in [6, 6.07) is 20.8. The largest absolute Gasteiger partial charge is 0.338 e. The maximum Gasteiger partial charge on any atom is 0.241 e. The molecule has 4 fully saturated rings. The van der Waals surface area contributed by atoms with Crippen molar-refractivity contribution in [3.8, 4) is 17.2 Å². The predicted octanol–water partition coefficient (Wildman–Crippen LogP) is 5.97. The summed E-state index contributed by atoms with van der Waals surface area (Å²) in [5.41, 5.74) is 10.5. The van der Waals surface area contributed by atoms with Crippen LogP contribution in [0.3, 0.4) is 0 Å². The molecule has 1 saturated heterocycles. The zero-order valence-corrected chi connectivity index (χ0v) is 25.3. The Morgan fingerprint density at radius 1 is 0.857 bits per heavy atom. The minimum Gasteiger partial charge on any atom is -0.338 e. The molecule has 1 amide bonds. The highest BCUT2D eigenvalue weighted by atomic mass is 16.2. The van der Waals surface area contributed by atoms with Crippen molar-refractivity contribution in [3.63, 3.8) is 0 Å². The van der Waals surface area contributed by atoms with Gasteiger partial charge in [-0.3, -0.25) is 14.6 Å². The van der Waals surface area contributed by atoms with Gasteiger partial charge < -0.3 is 11.1 Å². The fraction of sp³-hybridized carbons (Fsp3) is 0.611. The molecular formula is C36H49N5O. The molecule has 0 spiro atoms. The number of rotatable bonds is 9.